The summed E-state index contributed by atoms with van der Waals surface area (Å²) in [6.07, 6.45) is 6.10. The molecule has 1 aliphatic carbocycles. The topological polar surface area (TPSA) is 109 Å². The number of hydrogen-bond donors (Lipinski definition) is 1. The van der Waals surface area contributed by atoms with Gasteiger partial charge in [-0.3, -0.25) is 19.3 Å². The Morgan fingerprint density at radius 2 is 1.88 bits per heavy atom. The highest BCUT2D eigenvalue weighted by Crippen LogP contribution is 2.42. The monoisotopic (exact) mass is 572 g/mol. The largest absolute Gasteiger partial charge is 0.453 e. The number of halogens is 1. The molecular formula is C29H37FN4O5S. The highest BCUT2D eigenvalue weighted by atomic mass is 32.1. The minimum atomic E-state index is -0.705. The van der Waals surface area contributed by atoms with Crippen LogP contribution >= 0.6 is 11.3 Å². The van der Waals surface area contributed by atoms with E-state index < -0.39 is 18.0 Å². The third-order valence-electron chi connectivity index (χ3n) is 8.22. The maximum Gasteiger partial charge on any atom is 0.409 e. The first-order chi connectivity index (χ1) is 19.1. The number of ketones is 1. The zero-order valence-electron chi connectivity index (χ0n) is 23.3. The molecule has 1 N–H and O–H groups in total. The lowest BCUT2D eigenvalue weighted by atomic mass is 9.71. The Labute approximate surface area is 238 Å². The molecule has 11 heteroatoms. The van der Waals surface area contributed by atoms with Crippen LogP contribution in [0.5, 0.6) is 0 Å². The lowest BCUT2D eigenvalue weighted by molar-refractivity contribution is -0.136. The number of nitrogens with one attached hydrogen (secondary N) is 1. The summed E-state index contributed by atoms with van der Waals surface area (Å²) in [6, 6.07) is 4.48. The number of nitrogens with zero attached hydrogens (tertiary/aromatic N) is 3. The molecule has 216 valence electrons. The van der Waals surface area contributed by atoms with Crippen molar-refractivity contribution in [3.8, 4) is 0 Å². The van der Waals surface area contributed by atoms with Gasteiger partial charge in [-0.05, 0) is 62.3 Å². The van der Waals surface area contributed by atoms with E-state index in [0.29, 0.717) is 30.8 Å². The minimum Gasteiger partial charge on any atom is -0.453 e. The van der Waals surface area contributed by atoms with Gasteiger partial charge in [0.05, 0.1) is 13.2 Å². The van der Waals surface area contributed by atoms with E-state index in [1.165, 1.54) is 54.7 Å². The smallest absolute Gasteiger partial charge is 0.409 e. The molecule has 1 aliphatic heterocycles. The van der Waals surface area contributed by atoms with Gasteiger partial charge in [0.25, 0.3) is 0 Å². The number of methoxy groups -OCH3 is 1. The van der Waals surface area contributed by atoms with Crippen molar-refractivity contribution in [1.82, 2.24) is 20.1 Å². The van der Waals surface area contributed by atoms with E-state index in [9.17, 15) is 23.6 Å². The third-order valence-corrected chi connectivity index (χ3v) is 9.17. The summed E-state index contributed by atoms with van der Waals surface area (Å²) < 4.78 is 18.0. The summed E-state index contributed by atoms with van der Waals surface area (Å²) in [5, 5.41) is 5.42. The highest BCUT2D eigenvalue weighted by Gasteiger charge is 2.40. The molecule has 1 aromatic carbocycles. The van der Waals surface area contributed by atoms with Gasteiger partial charge < -0.3 is 15.0 Å². The number of carbonyl (C=O) groups excluding carboxylic acids is 4. The number of benzene rings is 1. The van der Waals surface area contributed by atoms with Crippen molar-refractivity contribution in [2.45, 2.75) is 70.4 Å². The van der Waals surface area contributed by atoms with Gasteiger partial charge in [0.2, 0.25) is 17.6 Å². The number of thiazole rings is 1. The van der Waals surface area contributed by atoms with Gasteiger partial charge in [0, 0.05) is 37.5 Å². The van der Waals surface area contributed by atoms with Gasteiger partial charge in [0.15, 0.2) is 0 Å². The van der Waals surface area contributed by atoms with Gasteiger partial charge in [-0.1, -0.05) is 19.3 Å². The van der Waals surface area contributed by atoms with Crippen LogP contribution in [0.4, 0.5) is 9.18 Å². The second kappa shape index (κ2) is 12.9. The predicted octanol–water partition coefficient (Wildman–Crippen LogP) is 4.72. The fourth-order valence-electron chi connectivity index (χ4n) is 5.66. The van der Waals surface area contributed by atoms with Crippen molar-refractivity contribution in [3.63, 3.8) is 0 Å². The lowest BCUT2D eigenvalue weighted by Crippen LogP contribution is -2.49. The van der Waals surface area contributed by atoms with E-state index in [2.05, 4.69) is 10.3 Å². The molecule has 1 saturated heterocycles. The average molecular weight is 573 g/mol. The molecule has 0 bridgehead atoms. The highest BCUT2D eigenvalue weighted by molar-refractivity contribution is 7.10. The summed E-state index contributed by atoms with van der Waals surface area (Å²) in [6.45, 7) is 2.62. The first-order valence-electron chi connectivity index (χ1n) is 13.8. The van der Waals surface area contributed by atoms with Crippen molar-refractivity contribution < 1.29 is 28.3 Å². The van der Waals surface area contributed by atoms with Crippen molar-refractivity contribution in [1.29, 1.82) is 0 Å². The van der Waals surface area contributed by atoms with Crippen LogP contribution in [0.25, 0.3) is 0 Å². The van der Waals surface area contributed by atoms with Crippen molar-refractivity contribution in [2.75, 3.05) is 27.2 Å². The van der Waals surface area contributed by atoms with Crippen molar-refractivity contribution >= 4 is 35.0 Å². The molecule has 0 spiro atoms. The van der Waals surface area contributed by atoms with Crippen LogP contribution in [0.15, 0.2) is 29.6 Å². The molecule has 9 nitrogen and oxygen atoms in total. The predicted molar refractivity (Wildman–Crippen MR) is 148 cm³/mol. The van der Waals surface area contributed by atoms with Gasteiger partial charge in [-0.2, -0.15) is 0 Å². The van der Waals surface area contributed by atoms with Crippen LogP contribution in [0.3, 0.4) is 0 Å². The molecular weight excluding hydrogens is 535 g/mol. The van der Waals surface area contributed by atoms with Crippen LogP contribution in [0.2, 0.25) is 0 Å². The van der Waals surface area contributed by atoms with Crippen LogP contribution in [-0.2, 0) is 14.3 Å². The fraction of sp³-hybridized carbons (Fsp3) is 0.552. The molecule has 0 radical (unpaired) electrons. The van der Waals surface area contributed by atoms with E-state index >= 15 is 0 Å². The molecule has 2 fully saturated rings. The average Bonchev–Trinajstić information content (AvgIpc) is 3.65. The quantitative estimate of drug-likeness (QED) is 0.436. The minimum absolute atomic E-state index is 0.0278. The number of rotatable bonds is 9. The standard InChI is InChI=1S/C29H37FN4O5S/c1-19(33(2)28(38)39-3)26(37)31-18-29(13-5-4-6-14-29)16-24(35)34-15-7-8-23(34)27-32-22(17-40-27)25(36)20-9-11-21(30)12-10-20/h9-12,17,19,23H,4-8,13-16,18H2,1-3H3,(H,31,37)/t19-,23+/m1/s1. The van der Waals surface area contributed by atoms with E-state index in [1.54, 1.807) is 12.3 Å². The molecule has 40 heavy (non-hydrogen) atoms. The number of hydrogen-bond acceptors (Lipinski definition) is 7. The zero-order valence-corrected chi connectivity index (χ0v) is 24.1. The van der Waals surface area contributed by atoms with E-state index in [1.807, 2.05) is 4.90 Å². The summed E-state index contributed by atoms with van der Waals surface area (Å²) in [5.41, 5.74) is 0.309. The zero-order chi connectivity index (χ0) is 28.9. The van der Waals surface area contributed by atoms with E-state index in [4.69, 9.17) is 4.74 Å². The number of likely N-dealkylation sites (N-methyl/N-ethyl adjacent to an activating group) is 1. The van der Waals surface area contributed by atoms with Gasteiger partial charge in [-0.25, -0.2) is 14.2 Å². The molecule has 2 aliphatic rings. The molecule has 1 aromatic heterocycles. The van der Waals surface area contributed by atoms with E-state index in [-0.39, 0.29) is 29.1 Å². The summed E-state index contributed by atoms with van der Waals surface area (Å²) in [7, 11) is 2.79. The Kier molecular flexibility index (Phi) is 9.55. The first-order valence-corrected chi connectivity index (χ1v) is 14.7. The Bertz CT molecular complexity index is 1230. The SMILES string of the molecule is COC(=O)N(C)[C@H](C)C(=O)NCC1(CC(=O)N2CCC[C@H]2c2nc(C(=O)c3ccc(F)cc3)cs2)CCCCC1. The normalized spacial score (nSPS) is 19.1. The molecule has 0 unspecified atom stereocenters. The number of likely N-dealkylation sites (tertiary alicyclic amines) is 1. The number of carbonyl (C=O) groups is 4. The van der Waals surface area contributed by atoms with Crippen molar-refractivity contribution in [3.05, 3.63) is 51.7 Å². The fourth-order valence-corrected chi connectivity index (χ4v) is 6.60. The van der Waals surface area contributed by atoms with Gasteiger partial charge in [0.1, 0.15) is 22.6 Å². The summed E-state index contributed by atoms with van der Waals surface area (Å²) in [5.74, 6) is -0.943. The van der Waals surface area contributed by atoms with Crippen LogP contribution in [-0.4, -0.2) is 71.8 Å². The Balaban J connectivity index is 1.43. The molecule has 4 rings (SSSR count). The lowest BCUT2D eigenvalue weighted by Gasteiger charge is -2.39. The second-order valence-electron chi connectivity index (χ2n) is 10.9. The number of ether oxygens (including phenoxy) is 1. The summed E-state index contributed by atoms with van der Waals surface area (Å²) >= 11 is 1.36. The third kappa shape index (κ3) is 6.68. The van der Waals surface area contributed by atoms with E-state index in [0.717, 1.165) is 50.0 Å². The van der Waals surface area contributed by atoms with Crippen molar-refractivity contribution in [2.24, 2.45) is 5.41 Å². The molecule has 3 amide bonds. The van der Waals surface area contributed by atoms with Crippen LogP contribution in [0.1, 0.15) is 85.4 Å². The number of amides is 3. The van der Waals surface area contributed by atoms with Crippen LogP contribution in [0, 0.1) is 11.2 Å². The first kappa shape index (κ1) is 29.6. The molecule has 2 aromatic rings. The molecule has 2 atom stereocenters. The maximum absolute atomic E-state index is 13.7. The maximum atomic E-state index is 13.7. The van der Waals surface area contributed by atoms with Gasteiger partial charge >= 0.3 is 6.09 Å². The van der Waals surface area contributed by atoms with Crippen LogP contribution < -0.4 is 5.32 Å². The Morgan fingerprint density at radius 3 is 2.55 bits per heavy atom. The summed E-state index contributed by atoms with van der Waals surface area (Å²) in [4.78, 5) is 58.9. The number of aromatic nitrogens is 1. The molecule has 2 heterocycles. The Hall–Kier alpha value is -3.34. The second-order valence-corrected chi connectivity index (χ2v) is 11.8. The van der Waals surface area contributed by atoms with Gasteiger partial charge in [-0.15, -0.1) is 11.3 Å². The molecule has 1 saturated carbocycles. The Morgan fingerprint density at radius 1 is 1.18 bits per heavy atom.